The van der Waals surface area contributed by atoms with Gasteiger partial charge in [-0.2, -0.15) is 0 Å². The number of carbonyl (C=O) groups excluding carboxylic acids is 1. The molecule has 0 saturated carbocycles. The van der Waals surface area contributed by atoms with Crippen LogP contribution in [0.25, 0.3) is 0 Å². The third-order valence-corrected chi connectivity index (χ3v) is 4.89. The first-order valence-electron chi connectivity index (χ1n) is 7.53. The van der Waals surface area contributed by atoms with Crippen molar-refractivity contribution in [3.8, 4) is 0 Å². The Kier molecular flexibility index (Phi) is 6.07. The predicted octanol–water partition coefficient (Wildman–Crippen LogP) is 2.59. The first-order valence-corrected chi connectivity index (χ1v) is 8.85. The largest absolute Gasteiger partial charge is 0.387 e. The van der Waals surface area contributed by atoms with E-state index >= 15 is 0 Å². The average molecular weight is 331 g/mol. The number of amides is 1. The molecule has 122 valence electrons. The molecule has 2 unspecified atom stereocenters. The van der Waals surface area contributed by atoms with Crippen molar-refractivity contribution in [3.05, 3.63) is 65.2 Å². The lowest BCUT2D eigenvalue weighted by Crippen LogP contribution is -2.29. The minimum absolute atomic E-state index is 0.107. The average Bonchev–Trinajstić information content (AvgIpc) is 2.58. The van der Waals surface area contributed by atoms with Crippen molar-refractivity contribution in [2.45, 2.75) is 24.8 Å². The first-order chi connectivity index (χ1) is 11.0. The fourth-order valence-electron chi connectivity index (χ4n) is 2.29. The third-order valence-electron chi connectivity index (χ3n) is 3.52. The minimum Gasteiger partial charge on any atom is -0.387 e. The fourth-order valence-corrected chi connectivity index (χ4v) is 3.24. The van der Waals surface area contributed by atoms with Gasteiger partial charge in [0.15, 0.2) is 0 Å². The molecule has 0 radical (unpaired) electrons. The molecule has 0 aliphatic heterocycles. The number of rotatable bonds is 6. The second kappa shape index (κ2) is 8.04. The normalized spacial score (nSPS) is 13.3. The highest BCUT2D eigenvalue weighted by molar-refractivity contribution is 7.85. The standard InChI is InChI=1S/C18H21NO3S/c1-3-23(22)17-10-5-4-9-15(17)18(21)19-12-16(20)14-8-6-7-13(2)11-14/h4-11,16,20H,3,12H2,1-2H3,(H,19,21). The molecule has 0 saturated heterocycles. The summed E-state index contributed by atoms with van der Waals surface area (Å²) < 4.78 is 12.0. The number of aliphatic hydroxyl groups is 1. The number of benzene rings is 2. The molecule has 2 atom stereocenters. The van der Waals surface area contributed by atoms with E-state index in [1.807, 2.05) is 38.1 Å². The first kappa shape index (κ1) is 17.4. The van der Waals surface area contributed by atoms with Crippen LogP contribution in [0.4, 0.5) is 0 Å². The molecule has 0 heterocycles. The molecule has 0 fully saturated rings. The van der Waals surface area contributed by atoms with Gasteiger partial charge in [0.2, 0.25) is 0 Å². The van der Waals surface area contributed by atoms with Crippen LogP contribution in [0.1, 0.15) is 34.5 Å². The Labute approximate surface area is 139 Å². The lowest BCUT2D eigenvalue weighted by Gasteiger charge is -2.14. The Bertz CT molecular complexity index is 715. The van der Waals surface area contributed by atoms with Crippen molar-refractivity contribution >= 4 is 16.7 Å². The number of hydrogen-bond acceptors (Lipinski definition) is 3. The maximum Gasteiger partial charge on any atom is 0.252 e. The SMILES string of the molecule is CCS(=O)c1ccccc1C(=O)NCC(O)c1cccc(C)c1. The van der Waals surface area contributed by atoms with Crippen molar-refractivity contribution in [1.82, 2.24) is 5.32 Å². The highest BCUT2D eigenvalue weighted by Crippen LogP contribution is 2.16. The van der Waals surface area contributed by atoms with Gasteiger partial charge in [-0.05, 0) is 24.6 Å². The summed E-state index contributed by atoms with van der Waals surface area (Å²) >= 11 is 0. The van der Waals surface area contributed by atoms with E-state index in [-0.39, 0.29) is 12.5 Å². The molecule has 4 nitrogen and oxygen atoms in total. The number of aryl methyl sites for hydroxylation is 1. The van der Waals surface area contributed by atoms with Gasteiger partial charge in [-0.15, -0.1) is 0 Å². The summed E-state index contributed by atoms with van der Waals surface area (Å²) in [6.07, 6.45) is -0.775. The summed E-state index contributed by atoms with van der Waals surface area (Å²) in [6, 6.07) is 14.4. The highest BCUT2D eigenvalue weighted by atomic mass is 32.2. The molecule has 0 aliphatic rings. The molecule has 0 spiro atoms. The van der Waals surface area contributed by atoms with Gasteiger partial charge in [0.05, 0.1) is 27.4 Å². The van der Waals surface area contributed by atoms with E-state index in [4.69, 9.17) is 0 Å². The number of nitrogens with one attached hydrogen (secondary N) is 1. The van der Waals surface area contributed by atoms with Crippen molar-refractivity contribution in [3.63, 3.8) is 0 Å². The van der Waals surface area contributed by atoms with E-state index in [1.54, 1.807) is 24.3 Å². The summed E-state index contributed by atoms with van der Waals surface area (Å²) in [5.41, 5.74) is 2.21. The van der Waals surface area contributed by atoms with Crippen LogP contribution in [-0.2, 0) is 10.8 Å². The predicted molar refractivity (Wildman–Crippen MR) is 91.9 cm³/mol. The van der Waals surface area contributed by atoms with Gasteiger partial charge in [0.25, 0.3) is 5.91 Å². The molecule has 0 aromatic heterocycles. The zero-order valence-corrected chi connectivity index (χ0v) is 14.1. The van der Waals surface area contributed by atoms with Crippen LogP contribution in [0.2, 0.25) is 0 Å². The van der Waals surface area contributed by atoms with Crippen LogP contribution < -0.4 is 5.32 Å². The van der Waals surface area contributed by atoms with Crippen molar-refractivity contribution in [2.24, 2.45) is 0 Å². The third kappa shape index (κ3) is 4.50. The monoisotopic (exact) mass is 331 g/mol. The molecular formula is C18H21NO3S. The van der Waals surface area contributed by atoms with Crippen LogP contribution in [0.5, 0.6) is 0 Å². The number of carbonyl (C=O) groups is 1. The second-order valence-corrected chi connectivity index (χ2v) is 6.98. The summed E-state index contributed by atoms with van der Waals surface area (Å²) in [6.45, 7) is 3.87. The molecule has 2 aromatic carbocycles. The van der Waals surface area contributed by atoms with Gasteiger partial charge >= 0.3 is 0 Å². The van der Waals surface area contributed by atoms with Gasteiger partial charge in [-0.25, -0.2) is 0 Å². The van der Waals surface area contributed by atoms with E-state index < -0.39 is 16.9 Å². The van der Waals surface area contributed by atoms with Gasteiger partial charge in [0.1, 0.15) is 0 Å². The Morgan fingerprint density at radius 3 is 2.65 bits per heavy atom. The van der Waals surface area contributed by atoms with Crippen LogP contribution in [-0.4, -0.2) is 27.5 Å². The van der Waals surface area contributed by atoms with Gasteiger partial charge in [-0.3, -0.25) is 9.00 Å². The molecule has 5 heteroatoms. The minimum atomic E-state index is -1.20. The Balaban J connectivity index is 2.07. The zero-order chi connectivity index (χ0) is 16.8. The van der Waals surface area contributed by atoms with Crippen LogP contribution in [0.15, 0.2) is 53.4 Å². The molecule has 1 amide bonds. The smallest absolute Gasteiger partial charge is 0.252 e. The summed E-state index contributed by atoms with van der Waals surface area (Å²) in [5.74, 6) is 0.130. The summed E-state index contributed by atoms with van der Waals surface area (Å²) in [5, 5.41) is 12.9. The van der Waals surface area contributed by atoms with Crippen molar-refractivity contribution in [2.75, 3.05) is 12.3 Å². The Morgan fingerprint density at radius 2 is 1.96 bits per heavy atom. The van der Waals surface area contributed by atoms with Crippen LogP contribution in [0.3, 0.4) is 0 Å². The molecular weight excluding hydrogens is 310 g/mol. The number of aliphatic hydroxyl groups excluding tert-OH is 1. The van der Waals surface area contributed by atoms with Crippen molar-refractivity contribution in [1.29, 1.82) is 0 Å². The van der Waals surface area contributed by atoms with Gasteiger partial charge < -0.3 is 10.4 Å². The Hall–Kier alpha value is -1.98. The quantitative estimate of drug-likeness (QED) is 0.855. The molecule has 2 rings (SSSR count). The molecule has 0 aliphatic carbocycles. The molecule has 23 heavy (non-hydrogen) atoms. The topological polar surface area (TPSA) is 66.4 Å². The Morgan fingerprint density at radius 1 is 1.22 bits per heavy atom. The van der Waals surface area contributed by atoms with Crippen LogP contribution >= 0.6 is 0 Å². The highest BCUT2D eigenvalue weighted by Gasteiger charge is 2.16. The van der Waals surface area contributed by atoms with Gasteiger partial charge in [0, 0.05) is 12.3 Å². The zero-order valence-electron chi connectivity index (χ0n) is 13.3. The van der Waals surface area contributed by atoms with E-state index in [2.05, 4.69) is 5.32 Å². The van der Waals surface area contributed by atoms with E-state index in [0.29, 0.717) is 16.2 Å². The second-order valence-electron chi connectivity index (χ2n) is 5.27. The summed E-state index contributed by atoms with van der Waals surface area (Å²) in [7, 11) is -1.20. The number of hydrogen-bond donors (Lipinski definition) is 2. The lowest BCUT2D eigenvalue weighted by molar-refractivity contribution is 0.0913. The van der Waals surface area contributed by atoms with E-state index in [1.165, 1.54) is 0 Å². The lowest BCUT2D eigenvalue weighted by atomic mass is 10.1. The van der Waals surface area contributed by atoms with Gasteiger partial charge in [-0.1, -0.05) is 48.9 Å². The molecule has 0 bridgehead atoms. The van der Waals surface area contributed by atoms with E-state index in [9.17, 15) is 14.1 Å². The maximum absolute atomic E-state index is 12.3. The van der Waals surface area contributed by atoms with Crippen LogP contribution in [0, 0.1) is 6.92 Å². The maximum atomic E-state index is 12.3. The van der Waals surface area contributed by atoms with E-state index in [0.717, 1.165) is 11.1 Å². The fraction of sp³-hybridized carbons (Fsp3) is 0.278. The molecule has 2 N–H and O–H groups in total. The van der Waals surface area contributed by atoms with Crippen molar-refractivity contribution < 1.29 is 14.1 Å². The summed E-state index contributed by atoms with van der Waals surface area (Å²) in [4.78, 5) is 12.9. The molecule has 2 aromatic rings.